The fraction of sp³-hybridized carbons (Fsp3) is 0.0714. The number of nitriles is 1. The molecule has 0 amide bonds. The first-order chi connectivity index (χ1) is 8.72. The molecule has 0 aliphatic carbocycles. The molecule has 1 unspecified atom stereocenters. The summed E-state index contributed by atoms with van der Waals surface area (Å²) in [4.78, 5) is 1.40. The van der Waals surface area contributed by atoms with Crippen molar-refractivity contribution in [2.45, 2.75) is 4.95 Å². The molecule has 18 heavy (non-hydrogen) atoms. The molecule has 1 atom stereocenters. The lowest BCUT2D eigenvalue weighted by Gasteiger charge is -2.22. The number of halogens is 2. The third kappa shape index (κ3) is 2.84. The molecule has 2 nitrogen and oxygen atoms in total. The normalized spacial score (nSPS) is 11.6. The van der Waals surface area contributed by atoms with Crippen LogP contribution in [-0.4, -0.2) is 0 Å². The van der Waals surface area contributed by atoms with Crippen LogP contribution >= 0.6 is 27.5 Å². The van der Waals surface area contributed by atoms with Gasteiger partial charge in [-0.2, -0.15) is 5.26 Å². The van der Waals surface area contributed by atoms with Crippen molar-refractivity contribution in [3.63, 3.8) is 0 Å². The van der Waals surface area contributed by atoms with Gasteiger partial charge in [0.25, 0.3) is 0 Å². The molecule has 0 saturated heterocycles. The smallest absolute Gasteiger partial charge is 0.185 e. The van der Waals surface area contributed by atoms with Crippen LogP contribution < -0.4 is 4.90 Å². The van der Waals surface area contributed by atoms with Crippen LogP contribution in [0.2, 0.25) is 5.02 Å². The minimum absolute atomic E-state index is 0.190. The van der Waals surface area contributed by atoms with Crippen LogP contribution in [0.15, 0.2) is 54.6 Å². The first-order valence-corrected chi connectivity index (χ1v) is 6.65. The van der Waals surface area contributed by atoms with E-state index in [1.807, 2.05) is 42.5 Å². The molecule has 2 rings (SSSR count). The van der Waals surface area contributed by atoms with Gasteiger partial charge in [0.2, 0.25) is 0 Å². The molecule has 0 radical (unpaired) electrons. The highest BCUT2D eigenvalue weighted by Crippen LogP contribution is 2.31. The summed E-state index contributed by atoms with van der Waals surface area (Å²) in [6.07, 6.45) is 2.18. The Balaban J connectivity index is 2.30. The van der Waals surface area contributed by atoms with Crippen LogP contribution in [0.1, 0.15) is 10.5 Å². The predicted octanol–water partition coefficient (Wildman–Crippen LogP) is 4.72. The van der Waals surface area contributed by atoms with Gasteiger partial charge in [-0.3, -0.25) is 4.90 Å². The number of benzene rings is 2. The molecule has 2 aromatic rings. The number of hydrogen-bond donors (Lipinski definition) is 0. The van der Waals surface area contributed by atoms with Gasteiger partial charge in [0.15, 0.2) is 6.19 Å². The standard InChI is InChI=1S/C14H10BrClN2/c15-14(11-4-2-1-3-5-11)18(10-17)13-8-6-12(16)7-9-13/h1-9,14H. The van der Waals surface area contributed by atoms with Gasteiger partial charge in [-0.25, -0.2) is 0 Å². The number of hydrogen-bond acceptors (Lipinski definition) is 2. The van der Waals surface area contributed by atoms with Crippen molar-refractivity contribution >= 4 is 33.2 Å². The third-order valence-corrected chi connectivity index (χ3v) is 3.70. The third-order valence-electron chi connectivity index (χ3n) is 2.51. The zero-order valence-electron chi connectivity index (χ0n) is 9.42. The summed E-state index contributed by atoms with van der Waals surface area (Å²) in [5.74, 6) is 0. The zero-order valence-corrected chi connectivity index (χ0v) is 11.8. The molecule has 0 spiro atoms. The van der Waals surface area contributed by atoms with E-state index in [2.05, 4.69) is 22.1 Å². The highest BCUT2D eigenvalue weighted by molar-refractivity contribution is 9.09. The molecule has 0 fully saturated rings. The Labute approximate surface area is 120 Å². The summed E-state index contributed by atoms with van der Waals surface area (Å²) in [6.45, 7) is 0. The molecule has 0 N–H and O–H groups in total. The molecule has 0 aliphatic rings. The molecule has 4 heteroatoms. The van der Waals surface area contributed by atoms with E-state index in [1.165, 1.54) is 0 Å². The van der Waals surface area contributed by atoms with Gasteiger partial charge in [-0.15, -0.1) is 0 Å². The Morgan fingerprint density at radius 1 is 1.06 bits per heavy atom. The Morgan fingerprint density at radius 2 is 1.67 bits per heavy atom. The van der Waals surface area contributed by atoms with E-state index in [4.69, 9.17) is 11.6 Å². The summed E-state index contributed by atoms with van der Waals surface area (Å²) in [5, 5.41) is 9.95. The average Bonchev–Trinajstić information content (AvgIpc) is 2.42. The first kappa shape index (κ1) is 12.9. The van der Waals surface area contributed by atoms with Crippen LogP contribution in [0.25, 0.3) is 0 Å². The second kappa shape index (κ2) is 5.90. The first-order valence-electron chi connectivity index (χ1n) is 5.36. The van der Waals surface area contributed by atoms with Crippen molar-refractivity contribution in [2.24, 2.45) is 0 Å². The molecule has 2 aromatic carbocycles. The number of nitrogens with zero attached hydrogens (tertiary/aromatic N) is 2. The van der Waals surface area contributed by atoms with Crippen molar-refractivity contribution in [1.82, 2.24) is 0 Å². The minimum Gasteiger partial charge on any atom is -0.261 e. The highest BCUT2D eigenvalue weighted by Gasteiger charge is 2.17. The lowest BCUT2D eigenvalue weighted by atomic mass is 10.2. The minimum atomic E-state index is -0.190. The average molecular weight is 322 g/mol. The molecule has 0 saturated carbocycles. The van der Waals surface area contributed by atoms with Gasteiger partial charge in [0, 0.05) is 5.02 Å². The maximum Gasteiger partial charge on any atom is 0.185 e. The number of rotatable bonds is 3. The second-order valence-corrected chi connectivity index (χ2v) is 5.00. The Bertz CT molecular complexity index is 548. The predicted molar refractivity (Wildman–Crippen MR) is 77.7 cm³/mol. The van der Waals surface area contributed by atoms with E-state index in [0.29, 0.717) is 5.02 Å². The SMILES string of the molecule is N#CN(c1ccc(Cl)cc1)C(Br)c1ccccc1. The van der Waals surface area contributed by atoms with E-state index in [1.54, 1.807) is 17.0 Å². The van der Waals surface area contributed by atoms with Crippen LogP contribution in [0, 0.1) is 11.5 Å². The summed E-state index contributed by atoms with van der Waals surface area (Å²) >= 11 is 9.38. The lowest BCUT2D eigenvalue weighted by Crippen LogP contribution is -2.18. The summed E-state index contributed by atoms with van der Waals surface area (Å²) in [6, 6.07) is 17.0. The lowest BCUT2D eigenvalue weighted by molar-refractivity contribution is 0.966. The molecule has 0 aliphatic heterocycles. The molecular formula is C14H10BrClN2. The van der Waals surface area contributed by atoms with Crippen molar-refractivity contribution in [3.05, 3.63) is 65.2 Å². The number of alkyl halides is 1. The van der Waals surface area contributed by atoms with Gasteiger partial charge in [0.05, 0.1) is 5.69 Å². The van der Waals surface area contributed by atoms with Gasteiger partial charge in [-0.05, 0) is 29.8 Å². The molecule has 0 heterocycles. The molecular weight excluding hydrogens is 312 g/mol. The van der Waals surface area contributed by atoms with E-state index >= 15 is 0 Å². The van der Waals surface area contributed by atoms with Crippen molar-refractivity contribution in [1.29, 1.82) is 5.26 Å². The summed E-state index contributed by atoms with van der Waals surface area (Å²) in [5.41, 5.74) is 1.82. The summed E-state index contributed by atoms with van der Waals surface area (Å²) in [7, 11) is 0. The van der Waals surface area contributed by atoms with Crippen LogP contribution in [0.3, 0.4) is 0 Å². The van der Waals surface area contributed by atoms with Crippen LogP contribution in [0.5, 0.6) is 0 Å². The Kier molecular flexibility index (Phi) is 4.24. The monoisotopic (exact) mass is 320 g/mol. The van der Waals surface area contributed by atoms with E-state index in [9.17, 15) is 5.26 Å². The van der Waals surface area contributed by atoms with Gasteiger partial charge < -0.3 is 0 Å². The van der Waals surface area contributed by atoms with Crippen LogP contribution in [0.4, 0.5) is 5.69 Å². The summed E-state index contributed by atoms with van der Waals surface area (Å²) < 4.78 is 0. The Hall–Kier alpha value is -1.50. The fourth-order valence-electron chi connectivity index (χ4n) is 1.60. The van der Waals surface area contributed by atoms with Crippen molar-refractivity contribution in [2.75, 3.05) is 4.90 Å². The number of anilines is 1. The highest BCUT2D eigenvalue weighted by atomic mass is 79.9. The Morgan fingerprint density at radius 3 is 2.22 bits per heavy atom. The van der Waals surface area contributed by atoms with Crippen molar-refractivity contribution in [3.8, 4) is 6.19 Å². The maximum atomic E-state index is 9.29. The second-order valence-electron chi connectivity index (χ2n) is 3.69. The van der Waals surface area contributed by atoms with E-state index in [0.717, 1.165) is 11.3 Å². The quantitative estimate of drug-likeness (QED) is 0.354. The van der Waals surface area contributed by atoms with Gasteiger partial charge in [-0.1, -0.05) is 57.9 Å². The van der Waals surface area contributed by atoms with Gasteiger partial charge in [0.1, 0.15) is 4.95 Å². The molecule has 0 bridgehead atoms. The van der Waals surface area contributed by atoms with Gasteiger partial charge >= 0.3 is 0 Å². The zero-order chi connectivity index (χ0) is 13.0. The van der Waals surface area contributed by atoms with E-state index in [-0.39, 0.29) is 4.95 Å². The van der Waals surface area contributed by atoms with Crippen LogP contribution in [-0.2, 0) is 0 Å². The van der Waals surface area contributed by atoms with Crippen molar-refractivity contribution < 1.29 is 0 Å². The molecule has 90 valence electrons. The topological polar surface area (TPSA) is 27.0 Å². The maximum absolute atomic E-state index is 9.29. The van der Waals surface area contributed by atoms with E-state index < -0.39 is 0 Å². The molecule has 0 aromatic heterocycles. The fourth-order valence-corrected chi connectivity index (χ4v) is 2.36. The largest absolute Gasteiger partial charge is 0.261 e.